The number of aryl methyl sites for hydroxylation is 1. The third-order valence-electron chi connectivity index (χ3n) is 2.73. The van der Waals surface area contributed by atoms with Crippen LogP contribution >= 0.6 is 23.4 Å². The van der Waals surface area contributed by atoms with Crippen molar-refractivity contribution in [3.8, 4) is 0 Å². The van der Waals surface area contributed by atoms with E-state index in [2.05, 4.69) is 17.1 Å². The molecule has 4 nitrogen and oxygen atoms in total. The highest BCUT2D eigenvalue weighted by Gasteiger charge is 2.12. The topological polar surface area (TPSA) is 64.9 Å². The molecule has 0 radical (unpaired) electrons. The van der Waals surface area contributed by atoms with Crippen LogP contribution < -0.4 is 5.73 Å². The van der Waals surface area contributed by atoms with Crippen LogP contribution in [-0.2, 0) is 6.42 Å². The SMILES string of the molecule is CCC(N)Cc1cc(Cl)ccc1Sc1nnc(C)o1. The third-order valence-corrected chi connectivity index (χ3v) is 3.93. The molecule has 2 aromatic rings. The Balaban J connectivity index is 2.23. The Labute approximate surface area is 121 Å². The molecule has 1 heterocycles. The van der Waals surface area contributed by atoms with Gasteiger partial charge in [-0.25, -0.2) is 0 Å². The van der Waals surface area contributed by atoms with Gasteiger partial charge in [0.1, 0.15) is 0 Å². The number of hydrogen-bond donors (Lipinski definition) is 1. The van der Waals surface area contributed by atoms with Gasteiger partial charge in [0.25, 0.3) is 5.22 Å². The molecule has 1 atom stereocenters. The molecule has 6 heteroatoms. The van der Waals surface area contributed by atoms with E-state index in [-0.39, 0.29) is 6.04 Å². The lowest BCUT2D eigenvalue weighted by Crippen LogP contribution is -2.21. The summed E-state index contributed by atoms with van der Waals surface area (Å²) in [6.07, 6.45) is 1.71. The van der Waals surface area contributed by atoms with Crippen molar-refractivity contribution >= 4 is 23.4 Å². The number of rotatable bonds is 5. The molecule has 1 aromatic carbocycles. The van der Waals surface area contributed by atoms with E-state index in [0.29, 0.717) is 16.1 Å². The number of nitrogens with zero attached hydrogens (tertiary/aromatic N) is 2. The van der Waals surface area contributed by atoms with E-state index in [1.54, 1.807) is 6.92 Å². The molecule has 0 fully saturated rings. The molecule has 0 aliphatic carbocycles. The zero-order valence-electron chi connectivity index (χ0n) is 10.9. The van der Waals surface area contributed by atoms with Crippen LogP contribution in [0, 0.1) is 6.92 Å². The molecule has 102 valence electrons. The summed E-state index contributed by atoms with van der Waals surface area (Å²) in [4.78, 5) is 1.05. The van der Waals surface area contributed by atoms with E-state index in [9.17, 15) is 0 Å². The smallest absolute Gasteiger partial charge is 0.281 e. The minimum absolute atomic E-state index is 0.127. The van der Waals surface area contributed by atoms with Crippen LogP contribution in [-0.4, -0.2) is 16.2 Å². The number of aromatic nitrogens is 2. The van der Waals surface area contributed by atoms with Crippen molar-refractivity contribution in [2.45, 2.75) is 42.8 Å². The fourth-order valence-corrected chi connectivity index (χ4v) is 2.68. The summed E-state index contributed by atoms with van der Waals surface area (Å²) in [5.74, 6) is 0.559. The van der Waals surface area contributed by atoms with Crippen LogP contribution in [0.15, 0.2) is 32.7 Å². The van der Waals surface area contributed by atoms with Gasteiger partial charge in [0.15, 0.2) is 0 Å². The van der Waals surface area contributed by atoms with Crippen molar-refractivity contribution in [3.05, 3.63) is 34.7 Å². The number of hydrogen-bond acceptors (Lipinski definition) is 5. The molecule has 0 saturated carbocycles. The lowest BCUT2D eigenvalue weighted by Gasteiger charge is -2.12. The first-order valence-corrected chi connectivity index (χ1v) is 7.30. The van der Waals surface area contributed by atoms with E-state index in [4.69, 9.17) is 21.8 Å². The molecule has 1 unspecified atom stereocenters. The van der Waals surface area contributed by atoms with Crippen LogP contribution in [0.25, 0.3) is 0 Å². The van der Waals surface area contributed by atoms with Crippen molar-refractivity contribution in [3.63, 3.8) is 0 Å². The monoisotopic (exact) mass is 297 g/mol. The Kier molecular flexibility index (Phi) is 4.85. The summed E-state index contributed by atoms with van der Waals surface area (Å²) in [6.45, 7) is 3.84. The fraction of sp³-hybridized carbons (Fsp3) is 0.385. The maximum absolute atomic E-state index is 6.05. The van der Waals surface area contributed by atoms with E-state index in [0.717, 1.165) is 23.3 Å². The predicted molar refractivity (Wildman–Crippen MR) is 76.6 cm³/mol. The zero-order valence-corrected chi connectivity index (χ0v) is 12.5. The first-order chi connectivity index (χ1) is 9.08. The minimum Gasteiger partial charge on any atom is -0.416 e. The Hall–Kier alpha value is -1.04. The van der Waals surface area contributed by atoms with E-state index in [1.807, 2.05) is 18.2 Å². The molecular weight excluding hydrogens is 282 g/mol. The van der Waals surface area contributed by atoms with Gasteiger partial charge in [-0.2, -0.15) is 0 Å². The molecule has 0 amide bonds. The summed E-state index contributed by atoms with van der Waals surface area (Å²) in [5.41, 5.74) is 7.13. The molecule has 2 rings (SSSR count). The molecular formula is C13H16ClN3OS. The molecule has 1 aromatic heterocycles. The van der Waals surface area contributed by atoms with Gasteiger partial charge in [0.05, 0.1) is 0 Å². The van der Waals surface area contributed by atoms with Crippen LogP contribution in [0.5, 0.6) is 0 Å². The van der Waals surface area contributed by atoms with E-state index < -0.39 is 0 Å². The highest BCUT2D eigenvalue weighted by molar-refractivity contribution is 7.99. The second kappa shape index (κ2) is 6.41. The Morgan fingerprint density at radius 1 is 1.42 bits per heavy atom. The molecule has 0 saturated heterocycles. The van der Waals surface area contributed by atoms with Gasteiger partial charge in [-0.15, -0.1) is 10.2 Å². The summed E-state index contributed by atoms with van der Waals surface area (Å²) >= 11 is 7.49. The van der Waals surface area contributed by atoms with E-state index in [1.165, 1.54) is 11.8 Å². The summed E-state index contributed by atoms with van der Waals surface area (Å²) in [7, 11) is 0. The zero-order chi connectivity index (χ0) is 13.8. The van der Waals surface area contributed by atoms with Crippen molar-refractivity contribution in [2.24, 2.45) is 5.73 Å². The first kappa shape index (κ1) is 14.4. The Bertz CT molecular complexity index is 559. The second-order valence-electron chi connectivity index (χ2n) is 4.31. The number of nitrogens with two attached hydrogens (primary N) is 1. The van der Waals surface area contributed by atoms with Crippen molar-refractivity contribution in [2.75, 3.05) is 0 Å². The third kappa shape index (κ3) is 3.96. The van der Waals surface area contributed by atoms with Gasteiger partial charge >= 0.3 is 0 Å². The van der Waals surface area contributed by atoms with Gasteiger partial charge < -0.3 is 10.2 Å². The van der Waals surface area contributed by atoms with Gasteiger partial charge in [0.2, 0.25) is 5.89 Å². The van der Waals surface area contributed by atoms with Crippen molar-refractivity contribution < 1.29 is 4.42 Å². The normalized spacial score (nSPS) is 12.6. The largest absolute Gasteiger partial charge is 0.416 e. The highest BCUT2D eigenvalue weighted by Crippen LogP contribution is 2.31. The lowest BCUT2D eigenvalue weighted by atomic mass is 10.0. The minimum atomic E-state index is 0.127. The molecule has 0 aliphatic heterocycles. The summed E-state index contributed by atoms with van der Waals surface area (Å²) in [5, 5.41) is 9.05. The molecule has 19 heavy (non-hydrogen) atoms. The molecule has 2 N–H and O–H groups in total. The maximum Gasteiger partial charge on any atom is 0.281 e. The first-order valence-electron chi connectivity index (χ1n) is 6.10. The fourth-order valence-electron chi connectivity index (χ4n) is 1.65. The molecule has 0 spiro atoms. The van der Waals surface area contributed by atoms with Crippen molar-refractivity contribution in [1.29, 1.82) is 0 Å². The van der Waals surface area contributed by atoms with Gasteiger partial charge in [-0.3, -0.25) is 0 Å². The average Bonchev–Trinajstić information content (AvgIpc) is 2.78. The predicted octanol–water partition coefficient (Wildman–Crippen LogP) is 3.46. The van der Waals surface area contributed by atoms with Gasteiger partial charge in [-0.1, -0.05) is 18.5 Å². The van der Waals surface area contributed by atoms with Crippen molar-refractivity contribution in [1.82, 2.24) is 10.2 Å². The van der Waals surface area contributed by atoms with Crippen LogP contribution in [0.2, 0.25) is 5.02 Å². The summed E-state index contributed by atoms with van der Waals surface area (Å²) in [6, 6.07) is 5.89. The van der Waals surface area contributed by atoms with E-state index >= 15 is 0 Å². The van der Waals surface area contributed by atoms with Gasteiger partial charge in [0, 0.05) is 22.9 Å². The Morgan fingerprint density at radius 2 is 2.21 bits per heavy atom. The molecule has 0 aliphatic rings. The van der Waals surface area contributed by atoms with Crippen LogP contribution in [0.4, 0.5) is 0 Å². The maximum atomic E-state index is 6.05. The van der Waals surface area contributed by atoms with Crippen LogP contribution in [0.1, 0.15) is 24.8 Å². The highest BCUT2D eigenvalue weighted by atomic mass is 35.5. The number of benzene rings is 1. The Morgan fingerprint density at radius 3 is 2.84 bits per heavy atom. The molecule has 0 bridgehead atoms. The standard InChI is InChI=1S/C13H16ClN3OS/c1-3-11(15)7-9-6-10(14)4-5-12(9)19-13-17-16-8(2)18-13/h4-6,11H,3,7,15H2,1-2H3. The second-order valence-corrected chi connectivity index (χ2v) is 5.74. The number of halogens is 1. The summed E-state index contributed by atoms with van der Waals surface area (Å²) < 4.78 is 5.38. The lowest BCUT2D eigenvalue weighted by molar-refractivity contribution is 0.429. The average molecular weight is 298 g/mol. The quantitative estimate of drug-likeness (QED) is 0.915. The van der Waals surface area contributed by atoms with Gasteiger partial charge in [-0.05, 0) is 48.4 Å². The van der Waals surface area contributed by atoms with Crippen LogP contribution in [0.3, 0.4) is 0 Å².